The highest BCUT2D eigenvalue weighted by atomic mass is 32.2. The molecule has 1 heterocycles. The van der Waals surface area contributed by atoms with Crippen LogP contribution in [0.3, 0.4) is 0 Å². The Hall–Kier alpha value is -4.30. The molecule has 168 valence electrons. The third-order valence-electron chi connectivity index (χ3n) is 5.27. The van der Waals surface area contributed by atoms with Crippen LogP contribution in [0.4, 0.5) is 21.6 Å². The fraction of sp³-hybridized carbons (Fsp3) is 0. The molecule has 0 amide bonds. The van der Waals surface area contributed by atoms with E-state index < -0.39 is 15.8 Å². The summed E-state index contributed by atoms with van der Waals surface area (Å²) in [6.07, 6.45) is 1.52. The number of nitrogens with one attached hydrogen (secondary N) is 2. The minimum absolute atomic E-state index is 0.00838. The second-order valence-corrected chi connectivity index (χ2v) is 9.26. The fourth-order valence-corrected chi connectivity index (χ4v) is 4.61. The van der Waals surface area contributed by atoms with E-state index in [1.54, 1.807) is 12.1 Å². The lowest BCUT2D eigenvalue weighted by Gasteiger charge is -2.11. The highest BCUT2D eigenvalue weighted by Gasteiger charge is 2.14. The summed E-state index contributed by atoms with van der Waals surface area (Å²) in [6, 6.07) is 27.4. The van der Waals surface area contributed by atoms with E-state index in [0.717, 1.165) is 39.8 Å². The van der Waals surface area contributed by atoms with Gasteiger partial charge >= 0.3 is 0 Å². The molecule has 0 fully saturated rings. The van der Waals surface area contributed by atoms with Gasteiger partial charge in [0.05, 0.1) is 10.4 Å². The monoisotopic (exact) mass is 470 g/mol. The minimum atomic E-state index is -3.81. The van der Waals surface area contributed by atoms with Crippen molar-refractivity contribution in [2.45, 2.75) is 4.90 Å². The van der Waals surface area contributed by atoms with Crippen LogP contribution in [0.2, 0.25) is 0 Å². The van der Waals surface area contributed by atoms with Crippen LogP contribution in [0.15, 0.2) is 108 Å². The molecule has 0 bridgehead atoms. The first-order chi connectivity index (χ1) is 16.5. The van der Waals surface area contributed by atoms with Crippen molar-refractivity contribution in [2.75, 3.05) is 10.0 Å². The number of hydrogen-bond acceptors (Lipinski definition) is 5. The van der Waals surface area contributed by atoms with Gasteiger partial charge in [0, 0.05) is 16.8 Å². The molecule has 0 spiro atoms. The smallest absolute Gasteiger partial charge is 0.261 e. The number of benzene rings is 4. The number of sulfonamides is 1. The van der Waals surface area contributed by atoms with Crippen molar-refractivity contribution in [1.29, 1.82) is 0 Å². The molecule has 5 rings (SSSR count). The summed E-state index contributed by atoms with van der Waals surface area (Å²) >= 11 is 0. The lowest BCUT2D eigenvalue weighted by atomic mass is 10.0. The third kappa shape index (κ3) is 4.57. The number of hydrogen-bond donors (Lipinski definition) is 2. The van der Waals surface area contributed by atoms with Crippen LogP contribution < -0.4 is 10.0 Å². The van der Waals surface area contributed by atoms with Gasteiger partial charge in [-0.05, 0) is 71.8 Å². The van der Waals surface area contributed by atoms with Gasteiger partial charge in [-0.1, -0.05) is 36.4 Å². The molecule has 0 unspecified atom stereocenters. The van der Waals surface area contributed by atoms with E-state index in [-0.39, 0.29) is 4.90 Å². The van der Waals surface area contributed by atoms with Gasteiger partial charge < -0.3 is 5.32 Å². The average molecular weight is 471 g/mol. The van der Waals surface area contributed by atoms with Crippen molar-refractivity contribution >= 4 is 38.1 Å². The van der Waals surface area contributed by atoms with Crippen molar-refractivity contribution in [3.05, 3.63) is 109 Å². The molecule has 0 aliphatic heterocycles. The number of halogens is 1. The summed E-state index contributed by atoms with van der Waals surface area (Å²) in [4.78, 5) is 8.75. The van der Waals surface area contributed by atoms with Crippen LogP contribution >= 0.6 is 0 Å². The van der Waals surface area contributed by atoms with E-state index in [1.165, 1.54) is 18.5 Å². The zero-order valence-corrected chi connectivity index (χ0v) is 18.6. The van der Waals surface area contributed by atoms with E-state index in [4.69, 9.17) is 0 Å². The van der Waals surface area contributed by atoms with Crippen LogP contribution in [0.1, 0.15) is 0 Å². The molecule has 34 heavy (non-hydrogen) atoms. The van der Waals surface area contributed by atoms with E-state index in [1.807, 2.05) is 60.7 Å². The molecule has 4 aromatic carbocycles. The predicted molar refractivity (Wildman–Crippen MR) is 132 cm³/mol. The van der Waals surface area contributed by atoms with Gasteiger partial charge in [-0.25, -0.2) is 22.8 Å². The van der Waals surface area contributed by atoms with Crippen molar-refractivity contribution in [3.63, 3.8) is 0 Å². The van der Waals surface area contributed by atoms with Crippen LogP contribution in [0, 0.1) is 5.82 Å². The number of anilines is 3. The SMILES string of the molecule is O=S(=O)(Nc1ccc(-c2ccc3ncnc(Nc4ccccc4)c3c2)cc1)c1ccc(F)cc1. The summed E-state index contributed by atoms with van der Waals surface area (Å²) in [5.74, 6) is 0.202. The van der Waals surface area contributed by atoms with Gasteiger partial charge in [0.25, 0.3) is 10.0 Å². The molecule has 8 heteroatoms. The molecular formula is C26H19FN4O2S. The minimum Gasteiger partial charge on any atom is -0.340 e. The molecule has 1 aromatic heterocycles. The Labute approximate surface area is 196 Å². The van der Waals surface area contributed by atoms with Crippen molar-refractivity contribution in [1.82, 2.24) is 9.97 Å². The number of para-hydroxylation sites is 1. The standard InChI is InChI=1S/C26H19FN4O2S/c27-20-9-13-23(14-10-20)34(32,33)31-22-11-6-18(7-12-22)19-8-15-25-24(16-19)26(29-17-28-25)30-21-4-2-1-3-5-21/h1-17,31H,(H,28,29,30). The quantitative estimate of drug-likeness (QED) is 0.319. The maximum atomic E-state index is 13.1. The molecule has 0 atom stereocenters. The first-order valence-corrected chi connectivity index (χ1v) is 11.9. The van der Waals surface area contributed by atoms with Gasteiger partial charge in [-0.15, -0.1) is 0 Å². The predicted octanol–water partition coefficient (Wildman–Crippen LogP) is 5.98. The van der Waals surface area contributed by atoms with Crippen molar-refractivity contribution < 1.29 is 12.8 Å². The highest BCUT2D eigenvalue weighted by Crippen LogP contribution is 2.29. The summed E-state index contributed by atoms with van der Waals surface area (Å²) in [5.41, 5.74) is 3.97. The number of aromatic nitrogens is 2. The molecule has 0 saturated heterocycles. The molecule has 0 aliphatic carbocycles. The molecule has 2 N–H and O–H groups in total. The largest absolute Gasteiger partial charge is 0.340 e. The zero-order valence-electron chi connectivity index (χ0n) is 17.8. The maximum Gasteiger partial charge on any atom is 0.261 e. The van der Waals surface area contributed by atoms with Crippen molar-refractivity contribution in [2.24, 2.45) is 0 Å². The molecule has 5 aromatic rings. The summed E-state index contributed by atoms with van der Waals surface area (Å²) in [6.45, 7) is 0. The zero-order chi connectivity index (χ0) is 23.5. The van der Waals surface area contributed by atoms with E-state index in [0.29, 0.717) is 11.5 Å². The molecular weight excluding hydrogens is 451 g/mol. The lowest BCUT2D eigenvalue weighted by molar-refractivity contribution is 0.599. The van der Waals surface area contributed by atoms with E-state index >= 15 is 0 Å². The first kappa shape index (κ1) is 21.5. The molecule has 0 aliphatic rings. The number of fused-ring (bicyclic) bond motifs is 1. The van der Waals surface area contributed by atoms with E-state index in [9.17, 15) is 12.8 Å². The normalized spacial score (nSPS) is 11.3. The van der Waals surface area contributed by atoms with Gasteiger partial charge in [-0.2, -0.15) is 0 Å². The van der Waals surface area contributed by atoms with Crippen LogP contribution in [0.25, 0.3) is 22.0 Å². The van der Waals surface area contributed by atoms with E-state index in [2.05, 4.69) is 20.0 Å². The first-order valence-electron chi connectivity index (χ1n) is 10.4. The topological polar surface area (TPSA) is 84.0 Å². The Morgan fingerprint density at radius 2 is 1.41 bits per heavy atom. The summed E-state index contributed by atoms with van der Waals surface area (Å²) < 4.78 is 40.7. The fourth-order valence-electron chi connectivity index (χ4n) is 3.55. The van der Waals surface area contributed by atoms with Gasteiger partial charge in [0.1, 0.15) is 18.0 Å². The molecule has 6 nitrogen and oxygen atoms in total. The summed E-state index contributed by atoms with van der Waals surface area (Å²) in [5, 5.41) is 4.19. The average Bonchev–Trinajstić information content (AvgIpc) is 2.85. The van der Waals surface area contributed by atoms with Crippen LogP contribution in [-0.2, 0) is 10.0 Å². The van der Waals surface area contributed by atoms with Crippen LogP contribution in [0.5, 0.6) is 0 Å². The Balaban J connectivity index is 1.41. The molecule has 0 saturated carbocycles. The Morgan fingerprint density at radius 1 is 0.706 bits per heavy atom. The van der Waals surface area contributed by atoms with Gasteiger partial charge in [0.2, 0.25) is 0 Å². The van der Waals surface area contributed by atoms with Gasteiger partial charge in [0.15, 0.2) is 0 Å². The summed E-state index contributed by atoms with van der Waals surface area (Å²) in [7, 11) is -3.81. The Morgan fingerprint density at radius 3 is 2.15 bits per heavy atom. The molecule has 0 radical (unpaired) electrons. The maximum absolute atomic E-state index is 13.1. The second kappa shape index (κ2) is 8.92. The number of nitrogens with zero attached hydrogens (tertiary/aromatic N) is 2. The number of rotatable bonds is 6. The Kier molecular flexibility index (Phi) is 5.65. The Bertz CT molecular complexity index is 1560. The highest BCUT2D eigenvalue weighted by molar-refractivity contribution is 7.92. The third-order valence-corrected chi connectivity index (χ3v) is 6.66. The lowest BCUT2D eigenvalue weighted by Crippen LogP contribution is -2.12. The van der Waals surface area contributed by atoms with Crippen LogP contribution in [-0.4, -0.2) is 18.4 Å². The van der Waals surface area contributed by atoms with Gasteiger partial charge in [-0.3, -0.25) is 4.72 Å². The second-order valence-electron chi connectivity index (χ2n) is 7.58. The van der Waals surface area contributed by atoms with Crippen molar-refractivity contribution in [3.8, 4) is 11.1 Å².